The second-order valence-electron chi connectivity index (χ2n) is 5.76. The van der Waals surface area contributed by atoms with Gasteiger partial charge in [-0.25, -0.2) is 0 Å². The zero-order valence-electron chi connectivity index (χ0n) is 12.8. The number of nitrogens with one attached hydrogen (secondary N) is 1. The average molecular weight is 307 g/mol. The van der Waals surface area contributed by atoms with Gasteiger partial charge in [-0.1, -0.05) is 26.0 Å². The second-order valence-corrected chi connectivity index (χ2v) is 7.64. The van der Waals surface area contributed by atoms with Crippen LogP contribution >= 0.6 is 11.8 Å². The minimum atomic E-state index is 0.0420. The van der Waals surface area contributed by atoms with Crippen LogP contribution in [0.15, 0.2) is 24.3 Å². The number of carbonyl (C=O) groups is 1. The van der Waals surface area contributed by atoms with E-state index in [0.717, 1.165) is 26.1 Å². The van der Waals surface area contributed by atoms with Crippen LogP contribution < -0.4 is 11.1 Å². The first kappa shape index (κ1) is 16.2. The SMILES string of the molecule is CC1CN(CCCC(=O)Nc2ccccc2N)CC(C)S1. The van der Waals surface area contributed by atoms with Crippen molar-refractivity contribution in [2.45, 2.75) is 37.2 Å². The van der Waals surface area contributed by atoms with E-state index in [2.05, 4.69) is 35.8 Å². The Kier molecular flexibility index (Phi) is 5.94. The molecule has 3 N–H and O–H groups in total. The van der Waals surface area contributed by atoms with E-state index in [0.29, 0.717) is 28.3 Å². The number of nitrogens with two attached hydrogens (primary N) is 1. The molecule has 5 heteroatoms. The third kappa shape index (κ3) is 5.25. The van der Waals surface area contributed by atoms with Crippen LogP contribution in [0.5, 0.6) is 0 Å². The highest BCUT2D eigenvalue weighted by Gasteiger charge is 2.21. The number of nitrogen functional groups attached to an aromatic ring is 1. The molecule has 116 valence electrons. The average Bonchev–Trinajstić information content (AvgIpc) is 2.40. The number of anilines is 2. The molecule has 0 spiro atoms. The summed E-state index contributed by atoms with van der Waals surface area (Å²) in [5.41, 5.74) is 7.14. The fourth-order valence-electron chi connectivity index (χ4n) is 2.75. The first-order valence-corrected chi connectivity index (χ1v) is 8.51. The molecule has 1 saturated heterocycles. The Morgan fingerprint density at radius 3 is 2.67 bits per heavy atom. The highest BCUT2D eigenvalue weighted by Crippen LogP contribution is 2.24. The topological polar surface area (TPSA) is 58.4 Å². The van der Waals surface area contributed by atoms with Crippen LogP contribution in [0.25, 0.3) is 0 Å². The van der Waals surface area contributed by atoms with Crippen molar-refractivity contribution in [2.24, 2.45) is 0 Å². The van der Waals surface area contributed by atoms with Gasteiger partial charge in [0.1, 0.15) is 0 Å². The van der Waals surface area contributed by atoms with Crippen molar-refractivity contribution in [1.29, 1.82) is 0 Å². The molecule has 1 aliphatic rings. The number of thioether (sulfide) groups is 1. The van der Waals surface area contributed by atoms with E-state index in [1.54, 1.807) is 6.07 Å². The smallest absolute Gasteiger partial charge is 0.224 e. The van der Waals surface area contributed by atoms with Gasteiger partial charge in [0.25, 0.3) is 0 Å². The number of nitrogens with zero attached hydrogens (tertiary/aromatic N) is 1. The molecular weight excluding hydrogens is 282 g/mol. The normalized spacial score (nSPS) is 23.0. The maximum atomic E-state index is 11.9. The zero-order chi connectivity index (χ0) is 15.2. The largest absolute Gasteiger partial charge is 0.397 e. The molecule has 4 nitrogen and oxygen atoms in total. The van der Waals surface area contributed by atoms with Crippen molar-refractivity contribution in [2.75, 3.05) is 30.7 Å². The van der Waals surface area contributed by atoms with Gasteiger partial charge >= 0.3 is 0 Å². The van der Waals surface area contributed by atoms with Crippen LogP contribution in [0, 0.1) is 0 Å². The molecule has 1 heterocycles. The Morgan fingerprint density at radius 1 is 1.33 bits per heavy atom. The standard InChI is InChI=1S/C16H25N3OS/c1-12-10-19(11-13(2)21-12)9-5-8-16(20)18-15-7-4-3-6-14(15)17/h3-4,6-7,12-13H,5,8-11,17H2,1-2H3,(H,18,20). The summed E-state index contributed by atoms with van der Waals surface area (Å²) in [6.07, 6.45) is 1.43. The van der Waals surface area contributed by atoms with Crippen LogP contribution in [-0.2, 0) is 4.79 Å². The molecular formula is C16H25N3OS. The monoisotopic (exact) mass is 307 g/mol. The van der Waals surface area contributed by atoms with Crippen LogP contribution in [0.1, 0.15) is 26.7 Å². The lowest BCUT2D eigenvalue weighted by Gasteiger charge is -2.34. The first-order valence-electron chi connectivity index (χ1n) is 7.56. The van der Waals surface area contributed by atoms with Crippen molar-refractivity contribution >= 4 is 29.0 Å². The van der Waals surface area contributed by atoms with E-state index in [4.69, 9.17) is 5.73 Å². The van der Waals surface area contributed by atoms with Gasteiger partial charge in [0.2, 0.25) is 5.91 Å². The number of hydrogen-bond donors (Lipinski definition) is 2. The van der Waals surface area contributed by atoms with Crippen molar-refractivity contribution < 1.29 is 4.79 Å². The van der Waals surface area contributed by atoms with E-state index >= 15 is 0 Å². The summed E-state index contributed by atoms with van der Waals surface area (Å²) in [7, 11) is 0. The maximum absolute atomic E-state index is 11.9. The Hall–Kier alpha value is -1.20. The fourth-order valence-corrected chi connectivity index (χ4v) is 4.14. The second kappa shape index (κ2) is 7.71. The highest BCUT2D eigenvalue weighted by atomic mass is 32.2. The number of hydrogen-bond acceptors (Lipinski definition) is 4. The Labute approximate surface area is 131 Å². The van der Waals surface area contributed by atoms with E-state index in [-0.39, 0.29) is 5.91 Å². The molecule has 1 aliphatic heterocycles. The number of para-hydroxylation sites is 2. The number of amides is 1. The Balaban J connectivity index is 1.71. The maximum Gasteiger partial charge on any atom is 0.224 e. The fraction of sp³-hybridized carbons (Fsp3) is 0.562. The van der Waals surface area contributed by atoms with E-state index in [9.17, 15) is 4.79 Å². The van der Waals surface area contributed by atoms with Gasteiger partial charge in [0, 0.05) is 30.0 Å². The van der Waals surface area contributed by atoms with E-state index < -0.39 is 0 Å². The summed E-state index contributed by atoms with van der Waals surface area (Å²) in [5.74, 6) is 0.0420. The molecule has 2 atom stereocenters. The number of benzene rings is 1. The van der Waals surface area contributed by atoms with Crippen molar-refractivity contribution in [1.82, 2.24) is 4.90 Å². The summed E-state index contributed by atoms with van der Waals surface area (Å²) in [6, 6.07) is 7.37. The minimum absolute atomic E-state index is 0.0420. The third-order valence-corrected chi connectivity index (χ3v) is 4.84. The van der Waals surface area contributed by atoms with Crippen LogP contribution in [0.2, 0.25) is 0 Å². The van der Waals surface area contributed by atoms with Gasteiger partial charge < -0.3 is 16.0 Å². The Morgan fingerprint density at radius 2 is 2.00 bits per heavy atom. The molecule has 0 aliphatic carbocycles. The van der Waals surface area contributed by atoms with Gasteiger partial charge in [-0.15, -0.1) is 0 Å². The molecule has 21 heavy (non-hydrogen) atoms. The summed E-state index contributed by atoms with van der Waals surface area (Å²) in [6.45, 7) is 7.80. The van der Waals surface area contributed by atoms with Crippen LogP contribution in [0.4, 0.5) is 11.4 Å². The lowest BCUT2D eigenvalue weighted by molar-refractivity contribution is -0.116. The predicted octanol–water partition coefficient (Wildman–Crippen LogP) is 2.81. The summed E-state index contributed by atoms with van der Waals surface area (Å²) in [5, 5.41) is 4.25. The molecule has 1 fully saturated rings. The number of rotatable bonds is 5. The van der Waals surface area contributed by atoms with Gasteiger partial charge in [0.15, 0.2) is 0 Å². The summed E-state index contributed by atoms with van der Waals surface area (Å²) >= 11 is 2.05. The molecule has 1 aromatic carbocycles. The molecule has 0 saturated carbocycles. The zero-order valence-corrected chi connectivity index (χ0v) is 13.7. The molecule has 1 amide bonds. The minimum Gasteiger partial charge on any atom is -0.397 e. The molecule has 2 unspecified atom stereocenters. The quantitative estimate of drug-likeness (QED) is 0.821. The van der Waals surface area contributed by atoms with Crippen molar-refractivity contribution in [3.05, 3.63) is 24.3 Å². The van der Waals surface area contributed by atoms with Crippen molar-refractivity contribution in [3.8, 4) is 0 Å². The van der Waals surface area contributed by atoms with Gasteiger partial charge in [0.05, 0.1) is 11.4 Å². The van der Waals surface area contributed by atoms with E-state index in [1.807, 2.05) is 18.2 Å². The van der Waals surface area contributed by atoms with Gasteiger partial charge in [-0.2, -0.15) is 11.8 Å². The molecule has 0 bridgehead atoms. The lowest BCUT2D eigenvalue weighted by Crippen LogP contribution is -2.40. The Bertz CT molecular complexity index is 470. The van der Waals surface area contributed by atoms with E-state index in [1.165, 1.54) is 0 Å². The number of carbonyl (C=O) groups excluding carboxylic acids is 1. The molecule has 0 aromatic heterocycles. The van der Waals surface area contributed by atoms with Crippen LogP contribution in [0.3, 0.4) is 0 Å². The summed E-state index contributed by atoms with van der Waals surface area (Å²) < 4.78 is 0. The van der Waals surface area contributed by atoms with Gasteiger partial charge in [-0.3, -0.25) is 4.79 Å². The van der Waals surface area contributed by atoms with Crippen molar-refractivity contribution in [3.63, 3.8) is 0 Å². The summed E-state index contributed by atoms with van der Waals surface area (Å²) in [4.78, 5) is 14.4. The molecule has 2 rings (SSSR count). The molecule has 0 radical (unpaired) electrons. The van der Waals surface area contributed by atoms with Gasteiger partial charge in [-0.05, 0) is 25.1 Å². The van der Waals surface area contributed by atoms with Crippen LogP contribution in [-0.4, -0.2) is 40.9 Å². The molecule has 1 aromatic rings. The lowest BCUT2D eigenvalue weighted by atomic mass is 10.2. The predicted molar refractivity (Wildman–Crippen MR) is 91.7 cm³/mol. The first-order chi connectivity index (χ1) is 10.0. The third-order valence-electron chi connectivity index (χ3n) is 3.61. The highest BCUT2D eigenvalue weighted by molar-refractivity contribution is 8.00.